The fourth-order valence-electron chi connectivity index (χ4n) is 4.04. The minimum Gasteiger partial charge on any atom is -0.495 e. The summed E-state index contributed by atoms with van der Waals surface area (Å²) < 4.78 is 40.3. The number of carbonyl (C=O) groups is 1. The molecule has 0 spiro atoms. The van der Waals surface area contributed by atoms with Crippen molar-refractivity contribution in [3.05, 3.63) is 83.1 Å². The zero-order valence-electron chi connectivity index (χ0n) is 19.0. The number of aryl methyl sites for hydroxylation is 1. The van der Waals surface area contributed by atoms with E-state index in [1.165, 1.54) is 17.9 Å². The standard InChI is InChI=1S/C25H25F2N3O4/c1-15-13-29(14-28-15)21-7-4-17(10-22(21)33-3)11-23-25(32)30(8-9-34-23)24(16(2)31)18-5-6-19(26)20(27)12-18/h4-7,10-14,16,24,31H,8-9H2,1-3H3/t16-,24+/m1/s1. The lowest BCUT2D eigenvalue weighted by molar-refractivity contribution is -0.141. The van der Waals surface area contributed by atoms with Gasteiger partial charge in [-0.2, -0.15) is 0 Å². The third-order valence-electron chi connectivity index (χ3n) is 5.63. The van der Waals surface area contributed by atoms with Gasteiger partial charge in [0.2, 0.25) is 0 Å². The molecule has 34 heavy (non-hydrogen) atoms. The number of hydrogen-bond donors (Lipinski definition) is 1. The van der Waals surface area contributed by atoms with Crippen LogP contribution in [0.15, 0.2) is 54.7 Å². The Hall–Kier alpha value is -3.72. The first-order chi connectivity index (χ1) is 16.3. The molecule has 1 fully saturated rings. The van der Waals surface area contributed by atoms with Crippen molar-refractivity contribution in [1.82, 2.24) is 14.5 Å². The number of imidazole rings is 1. The summed E-state index contributed by atoms with van der Waals surface area (Å²) in [7, 11) is 1.55. The van der Waals surface area contributed by atoms with E-state index in [-0.39, 0.29) is 18.9 Å². The van der Waals surface area contributed by atoms with E-state index in [1.54, 1.807) is 25.6 Å². The van der Waals surface area contributed by atoms with Crippen molar-refractivity contribution >= 4 is 12.0 Å². The number of amides is 1. The Bertz CT molecular complexity index is 1240. The fraction of sp³-hybridized carbons (Fsp3) is 0.280. The van der Waals surface area contributed by atoms with Gasteiger partial charge in [-0.25, -0.2) is 13.8 Å². The minimum atomic E-state index is -1.04. The number of halogens is 2. The number of methoxy groups -OCH3 is 1. The van der Waals surface area contributed by atoms with Crippen LogP contribution < -0.4 is 4.74 Å². The molecule has 1 N–H and O–H groups in total. The summed E-state index contributed by atoms with van der Waals surface area (Å²) >= 11 is 0. The molecular formula is C25H25F2N3O4. The number of nitrogens with zero attached hydrogens (tertiary/aromatic N) is 3. The second-order valence-corrected chi connectivity index (χ2v) is 8.07. The van der Waals surface area contributed by atoms with Gasteiger partial charge in [-0.3, -0.25) is 4.79 Å². The summed E-state index contributed by atoms with van der Waals surface area (Å²) in [5, 5.41) is 10.4. The Kier molecular flexibility index (Phi) is 6.65. The molecule has 0 saturated carbocycles. The quantitative estimate of drug-likeness (QED) is 0.556. The topological polar surface area (TPSA) is 76.8 Å². The average molecular weight is 469 g/mol. The molecule has 2 aromatic carbocycles. The van der Waals surface area contributed by atoms with Gasteiger partial charge in [0, 0.05) is 6.20 Å². The Morgan fingerprint density at radius 2 is 2.00 bits per heavy atom. The van der Waals surface area contributed by atoms with E-state index in [2.05, 4.69) is 4.98 Å². The molecule has 7 nitrogen and oxygen atoms in total. The molecular weight excluding hydrogens is 444 g/mol. The van der Waals surface area contributed by atoms with Crippen LogP contribution in [-0.4, -0.2) is 51.8 Å². The highest BCUT2D eigenvalue weighted by atomic mass is 19.2. The molecule has 1 saturated heterocycles. The van der Waals surface area contributed by atoms with E-state index < -0.39 is 29.7 Å². The van der Waals surface area contributed by atoms with Gasteiger partial charge in [0.15, 0.2) is 17.4 Å². The molecule has 9 heteroatoms. The van der Waals surface area contributed by atoms with Crippen LogP contribution >= 0.6 is 0 Å². The van der Waals surface area contributed by atoms with Crippen molar-refractivity contribution in [3.63, 3.8) is 0 Å². The Morgan fingerprint density at radius 3 is 2.65 bits per heavy atom. The van der Waals surface area contributed by atoms with Gasteiger partial charge in [0.05, 0.1) is 43.5 Å². The van der Waals surface area contributed by atoms with Gasteiger partial charge in [0.1, 0.15) is 12.4 Å². The van der Waals surface area contributed by atoms with Gasteiger partial charge < -0.3 is 24.0 Å². The molecule has 0 radical (unpaired) electrons. The smallest absolute Gasteiger partial charge is 0.289 e. The van der Waals surface area contributed by atoms with Crippen LogP contribution in [0, 0.1) is 18.6 Å². The fourth-order valence-corrected chi connectivity index (χ4v) is 4.04. The van der Waals surface area contributed by atoms with Crippen molar-refractivity contribution in [3.8, 4) is 11.4 Å². The number of aliphatic hydroxyl groups is 1. The number of aromatic nitrogens is 2. The third kappa shape index (κ3) is 4.65. The van der Waals surface area contributed by atoms with Gasteiger partial charge in [-0.05, 0) is 55.3 Å². The largest absolute Gasteiger partial charge is 0.495 e. The summed E-state index contributed by atoms with van der Waals surface area (Å²) in [6.45, 7) is 3.76. The van der Waals surface area contributed by atoms with Crippen LogP contribution in [0.2, 0.25) is 0 Å². The number of hydrogen-bond acceptors (Lipinski definition) is 5. The number of rotatable bonds is 6. The second kappa shape index (κ2) is 9.64. The molecule has 1 aliphatic rings. The van der Waals surface area contributed by atoms with Gasteiger partial charge in [-0.1, -0.05) is 12.1 Å². The Balaban J connectivity index is 1.64. The number of benzene rings is 2. The normalized spacial score (nSPS) is 16.9. The van der Waals surface area contributed by atoms with Gasteiger partial charge in [-0.15, -0.1) is 0 Å². The maximum absolute atomic E-state index is 13.8. The zero-order chi connectivity index (χ0) is 24.4. The van der Waals surface area contributed by atoms with E-state index in [4.69, 9.17) is 9.47 Å². The van der Waals surface area contributed by atoms with Crippen LogP contribution in [0.1, 0.15) is 29.8 Å². The van der Waals surface area contributed by atoms with E-state index in [0.717, 1.165) is 23.5 Å². The third-order valence-corrected chi connectivity index (χ3v) is 5.63. The van der Waals surface area contributed by atoms with Crippen molar-refractivity contribution in [1.29, 1.82) is 0 Å². The summed E-state index contributed by atoms with van der Waals surface area (Å²) in [5.41, 5.74) is 2.62. The van der Waals surface area contributed by atoms with Crippen LogP contribution in [0.25, 0.3) is 11.8 Å². The van der Waals surface area contributed by atoms with Crippen molar-refractivity contribution in [2.24, 2.45) is 0 Å². The van der Waals surface area contributed by atoms with Crippen LogP contribution in [-0.2, 0) is 9.53 Å². The highest BCUT2D eigenvalue weighted by Crippen LogP contribution is 2.31. The van der Waals surface area contributed by atoms with E-state index >= 15 is 0 Å². The molecule has 178 valence electrons. The van der Waals surface area contributed by atoms with Crippen molar-refractivity contribution in [2.75, 3.05) is 20.3 Å². The molecule has 1 amide bonds. The molecule has 1 aromatic heterocycles. The lowest BCUT2D eigenvalue weighted by atomic mass is 9.99. The molecule has 0 bridgehead atoms. The minimum absolute atomic E-state index is 0.0766. The van der Waals surface area contributed by atoms with Crippen LogP contribution in [0.4, 0.5) is 8.78 Å². The number of aliphatic hydroxyl groups excluding tert-OH is 1. The maximum atomic E-state index is 13.8. The first-order valence-electron chi connectivity index (χ1n) is 10.8. The monoisotopic (exact) mass is 469 g/mol. The molecule has 2 heterocycles. The zero-order valence-corrected chi connectivity index (χ0v) is 19.0. The number of ether oxygens (including phenoxy) is 2. The molecule has 2 atom stereocenters. The van der Waals surface area contributed by atoms with Crippen molar-refractivity contribution < 1.29 is 28.2 Å². The number of morpholine rings is 1. The highest BCUT2D eigenvalue weighted by molar-refractivity contribution is 5.96. The van der Waals surface area contributed by atoms with E-state index in [1.807, 2.05) is 29.8 Å². The lowest BCUT2D eigenvalue weighted by Crippen LogP contribution is -2.46. The Morgan fingerprint density at radius 1 is 1.21 bits per heavy atom. The van der Waals surface area contributed by atoms with Crippen LogP contribution in [0.5, 0.6) is 5.75 Å². The van der Waals surface area contributed by atoms with E-state index in [9.17, 15) is 18.7 Å². The molecule has 0 unspecified atom stereocenters. The molecule has 3 aromatic rings. The molecule has 4 rings (SSSR count). The SMILES string of the molecule is COc1cc(C=C2OCCN([C@H](c3ccc(F)c(F)c3)[C@@H](C)O)C2=O)ccc1-n1cnc(C)c1. The average Bonchev–Trinajstić information content (AvgIpc) is 3.24. The first kappa shape index (κ1) is 23.4. The predicted octanol–water partition coefficient (Wildman–Crippen LogP) is 3.79. The van der Waals surface area contributed by atoms with E-state index in [0.29, 0.717) is 16.9 Å². The summed E-state index contributed by atoms with van der Waals surface area (Å²) in [6, 6.07) is 7.92. The molecule has 1 aliphatic heterocycles. The molecule has 0 aliphatic carbocycles. The van der Waals surface area contributed by atoms with Gasteiger partial charge in [0.25, 0.3) is 5.91 Å². The first-order valence-corrected chi connectivity index (χ1v) is 10.8. The maximum Gasteiger partial charge on any atom is 0.289 e. The van der Waals surface area contributed by atoms with Crippen molar-refractivity contribution in [2.45, 2.75) is 26.0 Å². The lowest BCUT2D eigenvalue weighted by Gasteiger charge is -2.37. The summed E-state index contributed by atoms with van der Waals surface area (Å²) in [5.74, 6) is -1.84. The Labute approximate surface area is 195 Å². The predicted molar refractivity (Wildman–Crippen MR) is 121 cm³/mol. The highest BCUT2D eigenvalue weighted by Gasteiger charge is 2.34. The number of carbonyl (C=O) groups excluding carboxylic acids is 1. The summed E-state index contributed by atoms with van der Waals surface area (Å²) in [4.78, 5) is 18.9. The summed E-state index contributed by atoms with van der Waals surface area (Å²) in [6.07, 6.45) is 4.12. The van der Waals surface area contributed by atoms with Crippen LogP contribution in [0.3, 0.4) is 0 Å². The second-order valence-electron chi connectivity index (χ2n) is 8.07. The van der Waals surface area contributed by atoms with Gasteiger partial charge >= 0.3 is 0 Å².